The second kappa shape index (κ2) is 8.47. The van der Waals surface area contributed by atoms with E-state index in [2.05, 4.69) is 29.2 Å². The molecule has 3 atom stereocenters. The van der Waals surface area contributed by atoms with Gasteiger partial charge in [-0.15, -0.1) is 11.3 Å². The molecule has 152 valence electrons. The fourth-order valence-corrected chi connectivity index (χ4v) is 5.92. The van der Waals surface area contributed by atoms with Crippen LogP contribution in [0, 0.1) is 5.92 Å². The van der Waals surface area contributed by atoms with E-state index in [1.165, 1.54) is 65.6 Å². The molecule has 7 heteroatoms. The number of hydrogen-bond donors (Lipinski definition) is 2. The maximum absolute atomic E-state index is 9.55. The van der Waals surface area contributed by atoms with E-state index in [4.69, 9.17) is 15.2 Å². The summed E-state index contributed by atoms with van der Waals surface area (Å²) < 4.78 is 0. The third-order valence-corrected chi connectivity index (χ3v) is 7.08. The molecule has 29 heavy (non-hydrogen) atoms. The summed E-state index contributed by atoms with van der Waals surface area (Å²) >= 11 is 2.00. The topological polar surface area (TPSA) is 90.7 Å². The van der Waals surface area contributed by atoms with Gasteiger partial charge in [-0.2, -0.15) is 0 Å². The summed E-state index contributed by atoms with van der Waals surface area (Å²) in [7, 11) is 0. The third-order valence-electron chi connectivity index (χ3n) is 5.89. The zero-order valence-corrected chi connectivity index (χ0v) is 16.9. The van der Waals surface area contributed by atoms with Crippen LogP contribution in [-0.4, -0.2) is 51.7 Å². The average Bonchev–Trinajstić information content (AvgIpc) is 3.25. The van der Waals surface area contributed by atoms with Crippen molar-refractivity contribution in [2.75, 3.05) is 19.6 Å². The largest absolute Gasteiger partial charge is 0.478 e. The van der Waals surface area contributed by atoms with Crippen LogP contribution in [0.3, 0.4) is 0 Å². The Balaban J connectivity index is 0.000000221. The Bertz CT molecular complexity index is 936. The zero-order valence-electron chi connectivity index (χ0n) is 16.1. The SMILES string of the molecule is O=C(O)C=CC(=O)O.c1ccc2c(c1)Cc1sc([C@@H]3CCN4CCC[C@H]3C4)nc1-2. The number of hydrogen-bond acceptors (Lipinski definition) is 5. The summed E-state index contributed by atoms with van der Waals surface area (Å²) in [5.41, 5.74) is 4.14. The van der Waals surface area contributed by atoms with Crippen molar-refractivity contribution in [3.05, 3.63) is 51.9 Å². The number of rotatable bonds is 3. The second-order valence-corrected chi connectivity index (χ2v) is 8.88. The fourth-order valence-electron chi connectivity index (χ4n) is 4.59. The molecule has 2 bridgehead atoms. The van der Waals surface area contributed by atoms with Crippen LogP contribution in [0.5, 0.6) is 0 Å². The first-order chi connectivity index (χ1) is 14.0. The van der Waals surface area contributed by atoms with Gasteiger partial charge in [-0.1, -0.05) is 24.3 Å². The van der Waals surface area contributed by atoms with Gasteiger partial charge >= 0.3 is 11.9 Å². The molecule has 5 rings (SSSR count). The van der Waals surface area contributed by atoms with Gasteiger partial charge in [0.2, 0.25) is 0 Å². The molecule has 1 aromatic heterocycles. The molecule has 0 amide bonds. The van der Waals surface area contributed by atoms with E-state index in [0.717, 1.165) is 18.3 Å². The number of aliphatic carboxylic acids is 2. The normalized spacial score (nSPS) is 24.3. The Kier molecular flexibility index (Phi) is 5.78. The summed E-state index contributed by atoms with van der Waals surface area (Å²) in [6.45, 7) is 3.92. The average molecular weight is 413 g/mol. The van der Waals surface area contributed by atoms with Crippen molar-refractivity contribution < 1.29 is 19.8 Å². The van der Waals surface area contributed by atoms with Gasteiger partial charge in [0.25, 0.3) is 0 Å². The van der Waals surface area contributed by atoms with Crippen molar-refractivity contribution in [2.45, 2.75) is 31.6 Å². The Morgan fingerprint density at radius 3 is 2.62 bits per heavy atom. The van der Waals surface area contributed by atoms with Gasteiger partial charge in [0.05, 0.1) is 10.7 Å². The molecular formula is C22H24N2O4S. The molecule has 1 aromatic carbocycles. The van der Waals surface area contributed by atoms with Crippen molar-refractivity contribution in [3.8, 4) is 11.3 Å². The highest BCUT2D eigenvalue weighted by molar-refractivity contribution is 7.12. The van der Waals surface area contributed by atoms with Gasteiger partial charge in [-0.3, -0.25) is 0 Å². The molecule has 2 aliphatic heterocycles. The van der Waals surface area contributed by atoms with E-state index in [1.807, 2.05) is 11.3 Å². The van der Waals surface area contributed by atoms with Crippen LogP contribution in [0.1, 0.15) is 40.6 Å². The molecule has 0 spiro atoms. The van der Waals surface area contributed by atoms with E-state index in [9.17, 15) is 9.59 Å². The second-order valence-electron chi connectivity index (χ2n) is 7.77. The van der Waals surface area contributed by atoms with E-state index in [1.54, 1.807) is 0 Å². The highest BCUT2D eigenvalue weighted by Gasteiger charge is 2.35. The van der Waals surface area contributed by atoms with Gasteiger partial charge < -0.3 is 15.1 Å². The van der Waals surface area contributed by atoms with Crippen LogP contribution in [0.4, 0.5) is 0 Å². The lowest BCUT2D eigenvalue weighted by molar-refractivity contribution is -0.134. The molecule has 1 aliphatic carbocycles. The summed E-state index contributed by atoms with van der Waals surface area (Å²) in [4.78, 5) is 28.4. The Morgan fingerprint density at radius 2 is 1.86 bits per heavy atom. The highest BCUT2D eigenvalue weighted by Crippen LogP contribution is 2.45. The molecule has 2 fully saturated rings. The number of thiazole rings is 1. The standard InChI is InChI=1S/C18H20N2S.C4H4O4/c1-2-6-14-12(4-1)10-16-17(14)19-18(21-16)15-7-9-20-8-3-5-13(15)11-20;5-3(6)1-2-4(7)8/h1-2,4,6,13,15H,3,5,7-11H2;1-2H,(H,5,6)(H,7,8)/t13-,15+;/m0./s1. The van der Waals surface area contributed by atoms with Gasteiger partial charge in [0.15, 0.2) is 0 Å². The Hall–Kier alpha value is -2.51. The first-order valence-corrected chi connectivity index (χ1v) is 10.8. The minimum atomic E-state index is -1.26. The first kappa shape index (κ1) is 19.8. The number of aromatic nitrogens is 1. The lowest BCUT2D eigenvalue weighted by atomic mass is 9.80. The van der Waals surface area contributed by atoms with Crippen LogP contribution in [-0.2, 0) is 16.0 Å². The van der Waals surface area contributed by atoms with Crippen molar-refractivity contribution in [3.63, 3.8) is 0 Å². The number of benzene rings is 1. The monoisotopic (exact) mass is 412 g/mol. The highest BCUT2D eigenvalue weighted by atomic mass is 32.1. The van der Waals surface area contributed by atoms with E-state index in [0.29, 0.717) is 12.2 Å². The first-order valence-electron chi connectivity index (χ1n) is 9.95. The predicted octanol–water partition coefficient (Wildman–Crippen LogP) is 3.63. The molecular weight excluding hydrogens is 388 g/mol. The lowest BCUT2D eigenvalue weighted by Crippen LogP contribution is -2.43. The molecule has 0 radical (unpaired) electrons. The molecule has 0 saturated carbocycles. The minimum absolute atomic E-state index is 0.558. The molecule has 3 aliphatic rings. The van der Waals surface area contributed by atoms with Crippen LogP contribution < -0.4 is 0 Å². The van der Waals surface area contributed by atoms with Crippen LogP contribution >= 0.6 is 11.3 Å². The quantitative estimate of drug-likeness (QED) is 0.639. The number of piperidine rings is 2. The van der Waals surface area contributed by atoms with Crippen LogP contribution in [0.2, 0.25) is 0 Å². The van der Waals surface area contributed by atoms with Crippen LogP contribution in [0.15, 0.2) is 36.4 Å². The third kappa shape index (κ3) is 4.41. The van der Waals surface area contributed by atoms with Gasteiger partial charge in [-0.25, -0.2) is 14.6 Å². The number of fused-ring (bicyclic) bond motifs is 5. The van der Waals surface area contributed by atoms with E-state index in [-0.39, 0.29) is 0 Å². The predicted molar refractivity (Wildman–Crippen MR) is 111 cm³/mol. The summed E-state index contributed by atoms with van der Waals surface area (Å²) in [5, 5.41) is 17.1. The molecule has 2 N–H and O–H groups in total. The molecule has 2 aromatic rings. The van der Waals surface area contributed by atoms with Crippen molar-refractivity contribution in [1.82, 2.24) is 9.88 Å². The Labute approximate surface area is 173 Å². The van der Waals surface area contributed by atoms with E-state index < -0.39 is 11.9 Å². The van der Waals surface area contributed by atoms with Crippen LogP contribution in [0.25, 0.3) is 11.3 Å². The van der Waals surface area contributed by atoms with Crippen molar-refractivity contribution >= 4 is 23.3 Å². The molecule has 6 nitrogen and oxygen atoms in total. The Morgan fingerprint density at radius 1 is 1.10 bits per heavy atom. The number of carboxylic acid groups (broad SMARTS) is 2. The summed E-state index contributed by atoms with van der Waals surface area (Å²) in [6, 6.07) is 8.79. The molecule has 1 unspecified atom stereocenters. The summed E-state index contributed by atoms with van der Waals surface area (Å²) in [6.07, 6.45) is 6.33. The van der Waals surface area contributed by atoms with Crippen molar-refractivity contribution in [1.29, 1.82) is 0 Å². The van der Waals surface area contributed by atoms with Gasteiger partial charge in [-0.05, 0) is 43.8 Å². The molecule has 2 saturated heterocycles. The van der Waals surface area contributed by atoms with E-state index >= 15 is 0 Å². The van der Waals surface area contributed by atoms with Crippen molar-refractivity contribution in [2.24, 2.45) is 5.92 Å². The number of carboxylic acids is 2. The zero-order chi connectivity index (χ0) is 20.4. The summed E-state index contributed by atoms with van der Waals surface area (Å²) in [5.74, 6) is -0.932. The maximum Gasteiger partial charge on any atom is 0.328 e. The molecule has 3 heterocycles. The fraction of sp³-hybridized carbons (Fsp3) is 0.409. The lowest BCUT2D eigenvalue weighted by Gasteiger charge is -2.41. The number of nitrogens with zero attached hydrogens (tertiary/aromatic N) is 2. The van der Waals surface area contributed by atoms with Gasteiger partial charge in [0.1, 0.15) is 0 Å². The smallest absolute Gasteiger partial charge is 0.328 e. The van der Waals surface area contributed by atoms with Gasteiger partial charge in [0, 0.05) is 41.5 Å². The maximum atomic E-state index is 9.55. The minimum Gasteiger partial charge on any atom is -0.478 e. The number of carbonyl (C=O) groups is 2.